The smallest absolute Gasteiger partial charge is 0.303 e. The number of sulfonamides is 1. The number of pyridine rings is 1. The van der Waals surface area contributed by atoms with Gasteiger partial charge >= 0.3 is 5.97 Å². The average Bonchev–Trinajstić information content (AvgIpc) is 2.82. The van der Waals surface area contributed by atoms with Gasteiger partial charge in [0.15, 0.2) is 0 Å². The van der Waals surface area contributed by atoms with Crippen molar-refractivity contribution in [2.24, 2.45) is 0 Å². The van der Waals surface area contributed by atoms with E-state index in [1.165, 1.54) is 6.20 Å². The van der Waals surface area contributed by atoms with Gasteiger partial charge in [0.05, 0.1) is 0 Å². The normalized spacial score (nSPS) is 13.4. The van der Waals surface area contributed by atoms with Crippen molar-refractivity contribution in [3.05, 3.63) is 24.5 Å². The van der Waals surface area contributed by atoms with Crippen LogP contribution in [0.4, 0.5) is 0 Å². The van der Waals surface area contributed by atoms with Gasteiger partial charge in [0.1, 0.15) is 10.5 Å². The van der Waals surface area contributed by atoms with Crippen LogP contribution in [0.5, 0.6) is 0 Å². The molecule has 0 saturated heterocycles. The molecule has 0 amide bonds. The largest absolute Gasteiger partial charge is 0.481 e. The number of aliphatic carboxylic acids is 1. The molecule has 2 heterocycles. The summed E-state index contributed by atoms with van der Waals surface area (Å²) in [7, 11) is -3.66. The zero-order valence-corrected chi connectivity index (χ0v) is 12.4. The maximum atomic E-state index is 12.3. The molecule has 0 aliphatic rings. The van der Waals surface area contributed by atoms with E-state index in [9.17, 15) is 13.2 Å². The Kier molecular flexibility index (Phi) is 4.59. The van der Waals surface area contributed by atoms with Crippen molar-refractivity contribution in [2.75, 3.05) is 0 Å². The van der Waals surface area contributed by atoms with Gasteiger partial charge < -0.3 is 10.1 Å². The molecule has 0 aromatic carbocycles. The molecule has 0 saturated carbocycles. The fourth-order valence-electron chi connectivity index (χ4n) is 2.10. The summed E-state index contributed by atoms with van der Waals surface area (Å²) in [5.74, 6) is -0.882. The van der Waals surface area contributed by atoms with E-state index in [0.29, 0.717) is 23.9 Å². The van der Waals surface area contributed by atoms with Crippen LogP contribution in [0.15, 0.2) is 29.4 Å². The SMILES string of the molecule is CC(CCCC(=O)O)NS(=O)(=O)c1c[nH]c2ncccc12. The van der Waals surface area contributed by atoms with Gasteiger partial charge in [-0.1, -0.05) is 0 Å². The second-order valence-electron chi connectivity index (χ2n) is 4.86. The minimum absolute atomic E-state index is 0.0308. The summed E-state index contributed by atoms with van der Waals surface area (Å²) in [6, 6.07) is 3.02. The van der Waals surface area contributed by atoms with Gasteiger partial charge in [-0.3, -0.25) is 4.79 Å². The van der Waals surface area contributed by atoms with E-state index >= 15 is 0 Å². The van der Waals surface area contributed by atoms with E-state index in [1.54, 1.807) is 25.3 Å². The highest BCUT2D eigenvalue weighted by Crippen LogP contribution is 2.21. The molecule has 0 fully saturated rings. The first-order valence-corrected chi connectivity index (χ1v) is 8.04. The number of rotatable bonds is 7. The molecule has 7 nitrogen and oxygen atoms in total. The van der Waals surface area contributed by atoms with Crippen molar-refractivity contribution in [1.29, 1.82) is 0 Å². The van der Waals surface area contributed by atoms with E-state index < -0.39 is 16.0 Å². The van der Waals surface area contributed by atoms with E-state index in [4.69, 9.17) is 5.11 Å². The lowest BCUT2D eigenvalue weighted by Crippen LogP contribution is -2.32. The van der Waals surface area contributed by atoms with Crippen LogP contribution in [0.1, 0.15) is 26.2 Å². The molecule has 2 aromatic rings. The van der Waals surface area contributed by atoms with Crippen LogP contribution in [0, 0.1) is 0 Å². The van der Waals surface area contributed by atoms with Crippen LogP contribution >= 0.6 is 0 Å². The molecule has 114 valence electrons. The number of aromatic nitrogens is 2. The number of hydrogen-bond donors (Lipinski definition) is 3. The fourth-order valence-corrected chi connectivity index (χ4v) is 3.54. The van der Waals surface area contributed by atoms with Gasteiger partial charge in [-0.25, -0.2) is 18.1 Å². The summed E-state index contributed by atoms with van der Waals surface area (Å²) in [6.07, 6.45) is 3.91. The molecular weight excluding hydrogens is 294 g/mol. The Labute approximate surface area is 122 Å². The van der Waals surface area contributed by atoms with Gasteiger partial charge in [-0.2, -0.15) is 0 Å². The van der Waals surface area contributed by atoms with Gasteiger partial charge in [0, 0.05) is 30.2 Å². The van der Waals surface area contributed by atoms with Crippen molar-refractivity contribution >= 4 is 27.0 Å². The number of hydrogen-bond acceptors (Lipinski definition) is 4. The van der Waals surface area contributed by atoms with Crippen LogP contribution in [0.2, 0.25) is 0 Å². The zero-order chi connectivity index (χ0) is 15.5. The fraction of sp³-hybridized carbons (Fsp3) is 0.385. The van der Waals surface area contributed by atoms with E-state index in [2.05, 4.69) is 14.7 Å². The Hall–Kier alpha value is -1.93. The van der Waals surface area contributed by atoms with Gasteiger partial charge in [0.2, 0.25) is 10.0 Å². The Morgan fingerprint density at radius 2 is 2.29 bits per heavy atom. The summed E-state index contributed by atoms with van der Waals surface area (Å²) >= 11 is 0. The third-order valence-electron chi connectivity index (χ3n) is 3.09. The maximum absolute atomic E-state index is 12.3. The summed E-state index contributed by atoms with van der Waals surface area (Å²) < 4.78 is 27.2. The summed E-state index contributed by atoms with van der Waals surface area (Å²) in [5.41, 5.74) is 0.511. The molecule has 1 atom stereocenters. The number of aromatic amines is 1. The second kappa shape index (κ2) is 6.23. The van der Waals surface area contributed by atoms with Crippen LogP contribution in [-0.2, 0) is 14.8 Å². The van der Waals surface area contributed by atoms with E-state index in [-0.39, 0.29) is 17.4 Å². The predicted molar refractivity (Wildman–Crippen MR) is 77.4 cm³/mol. The number of nitrogens with one attached hydrogen (secondary N) is 2. The molecular formula is C13H17N3O4S. The monoisotopic (exact) mass is 311 g/mol. The quantitative estimate of drug-likeness (QED) is 0.717. The predicted octanol–water partition coefficient (Wildman–Crippen LogP) is 1.48. The molecule has 2 aromatic heterocycles. The number of H-pyrrole nitrogens is 1. The number of carbonyl (C=O) groups is 1. The minimum Gasteiger partial charge on any atom is -0.481 e. The van der Waals surface area contributed by atoms with Crippen LogP contribution in [-0.4, -0.2) is 35.5 Å². The number of nitrogens with zero attached hydrogens (tertiary/aromatic N) is 1. The molecule has 2 rings (SSSR count). The Bertz CT molecular complexity index is 739. The second-order valence-corrected chi connectivity index (χ2v) is 6.54. The number of carboxylic acid groups (broad SMARTS) is 1. The molecule has 21 heavy (non-hydrogen) atoms. The van der Waals surface area contributed by atoms with Crippen LogP contribution in [0.25, 0.3) is 11.0 Å². The number of carboxylic acids is 1. The van der Waals surface area contributed by atoms with Crippen molar-refractivity contribution in [2.45, 2.75) is 37.1 Å². The van der Waals surface area contributed by atoms with Crippen LogP contribution < -0.4 is 4.72 Å². The first kappa shape index (κ1) is 15.5. The Morgan fingerprint density at radius 3 is 3.00 bits per heavy atom. The van der Waals surface area contributed by atoms with Gasteiger partial charge in [-0.05, 0) is 31.9 Å². The first-order valence-electron chi connectivity index (χ1n) is 6.56. The molecule has 0 radical (unpaired) electrons. The average molecular weight is 311 g/mol. The highest BCUT2D eigenvalue weighted by Gasteiger charge is 2.21. The lowest BCUT2D eigenvalue weighted by Gasteiger charge is -2.13. The highest BCUT2D eigenvalue weighted by atomic mass is 32.2. The zero-order valence-electron chi connectivity index (χ0n) is 11.5. The number of fused-ring (bicyclic) bond motifs is 1. The van der Waals surface area contributed by atoms with E-state index in [0.717, 1.165) is 0 Å². The Balaban J connectivity index is 2.09. The lowest BCUT2D eigenvalue weighted by molar-refractivity contribution is -0.137. The van der Waals surface area contributed by atoms with Crippen LogP contribution in [0.3, 0.4) is 0 Å². The summed E-state index contributed by atoms with van der Waals surface area (Å²) in [6.45, 7) is 1.71. The molecule has 1 unspecified atom stereocenters. The first-order chi connectivity index (χ1) is 9.90. The standard InChI is InChI=1S/C13H17N3O4S/c1-9(4-2-6-12(17)18)16-21(19,20)11-8-15-13-10(11)5-3-7-14-13/h3,5,7-9,16H,2,4,6H2,1H3,(H,14,15)(H,17,18). The van der Waals surface area contributed by atoms with Crippen molar-refractivity contribution in [1.82, 2.24) is 14.7 Å². The third kappa shape index (κ3) is 3.79. The summed E-state index contributed by atoms with van der Waals surface area (Å²) in [4.78, 5) is 17.5. The van der Waals surface area contributed by atoms with Gasteiger partial charge in [0.25, 0.3) is 0 Å². The van der Waals surface area contributed by atoms with Crippen molar-refractivity contribution in [3.63, 3.8) is 0 Å². The van der Waals surface area contributed by atoms with Crippen molar-refractivity contribution in [3.8, 4) is 0 Å². The minimum atomic E-state index is -3.66. The molecule has 0 spiro atoms. The molecule has 8 heteroatoms. The highest BCUT2D eigenvalue weighted by molar-refractivity contribution is 7.89. The molecule has 0 aliphatic heterocycles. The molecule has 0 bridgehead atoms. The Morgan fingerprint density at radius 1 is 1.52 bits per heavy atom. The third-order valence-corrected chi connectivity index (χ3v) is 4.72. The molecule has 0 aliphatic carbocycles. The topological polar surface area (TPSA) is 112 Å². The maximum Gasteiger partial charge on any atom is 0.303 e. The molecule has 3 N–H and O–H groups in total. The lowest BCUT2D eigenvalue weighted by atomic mass is 10.1. The van der Waals surface area contributed by atoms with Gasteiger partial charge in [-0.15, -0.1) is 0 Å². The summed E-state index contributed by atoms with van der Waals surface area (Å²) in [5, 5.41) is 9.11. The van der Waals surface area contributed by atoms with E-state index in [1.807, 2.05) is 0 Å². The van der Waals surface area contributed by atoms with Crippen molar-refractivity contribution < 1.29 is 18.3 Å².